The van der Waals surface area contributed by atoms with Gasteiger partial charge >= 0.3 is 5.97 Å². The quantitative estimate of drug-likeness (QED) is 0.669. The van der Waals surface area contributed by atoms with Crippen molar-refractivity contribution in [2.75, 3.05) is 13.7 Å². The molecule has 0 radical (unpaired) electrons. The van der Waals surface area contributed by atoms with E-state index >= 15 is 0 Å². The second kappa shape index (κ2) is 6.05. The van der Waals surface area contributed by atoms with Crippen molar-refractivity contribution in [2.24, 2.45) is 0 Å². The molecule has 0 amide bonds. The smallest absolute Gasteiger partial charge is 0.328 e. The van der Waals surface area contributed by atoms with E-state index in [1.54, 1.807) is 6.08 Å². The molecule has 1 rings (SSSR count). The minimum Gasteiger partial charge on any atom is -0.468 e. The van der Waals surface area contributed by atoms with Crippen molar-refractivity contribution in [3.05, 3.63) is 33.5 Å². The van der Waals surface area contributed by atoms with E-state index in [1.165, 1.54) is 18.4 Å². The number of esters is 1. The van der Waals surface area contributed by atoms with Crippen LogP contribution in [0, 0.1) is 0 Å². The molecule has 1 aromatic rings. The molecule has 0 aliphatic rings. The van der Waals surface area contributed by atoms with Gasteiger partial charge in [0.2, 0.25) is 0 Å². The summed E-state index contributed by atoms with van der Waals surface area (Å²) in [7, 11) is 1.38. The first-order chi connectivity index (χ1) is 7.19. The summed E-state index contributed by atoms with van der Waals surface area (Å²) in [6, 6.07) is 3.39. The van der Waals surface area contributed by atoms with Gasteiger partial charge in [-0.1, -0.05) is 6.08 Å². The first kappa shape index (κ1) is 12.4. The fourth-order valence-corrected chi connectivity index (χ4v) is 2.59. The standard InChI is InChI=1S/C10H12BrNO2S/c1-3-6-12-9(10(13)14-2)7-4-5-8(11)15-7/h3-5,9,12H,1,6H2,2H3. The number of carbonyl (C=O) groups excluding carboxylic acids is 1. The molecule has 1 aromatic heterocycles. The monoisotopic (exact) mass is 289 g/mol. The third kappa shape index (κ3) is 3.44. The first-order valence-corrected chi connectivity index (χ1v) is 5.97. The predicted molar refractivity (Wildman–Crippen MR) is 65.0 cm³/mol. The summed E-state index contributed by atoms with van der Waals surface area (Å²) >= 11 is 4.87. The number of hydrogen-bond donors (Lipinski definition) is 1. The van der Waals surface area contributed by atoms with Crippen LogP contribution in [0.1, 0.15) is 10.9 Å². The second-order valence-electron chi connectivity index (χ2n) is 2.79. The number of carbonyl (C=O) groups is 1. The Morgan fingerprint density at radius 1 is 1.80 bits per heavy atom. The molecular formula is C10H12BrNO2S. The molecule has 1 N–H and O–H groups in total. The summed E-state index contributed by atoms with van der Waals surface area (Å²) in [5, 5.41) is 3.05. The third-order valence-corrected chi connectivity index (χ3v) is 3.47. The summed E-state index contributed by atoms with van der Waals surface area (Å²) in [6.07, 6.45) is 1.71. The Hall–Kier alpha value is -0.650. The Morgan fingerprint density at radius 3 is 3.00 bits per heavy atom. The van der Waals surface area contributed by atoms with Gasteiger partial charge < -0.3 is 4.74 Å². The van der Waals surface area contributed by atoms with Crippen LogP contribution in [0.3, 0.4) is 0 Å². The highest BCUT2D eigenvalue weighted by molar-refractivity contribution is 9.11. The summed E-state index contributed by atoms with van der Waals surface area (Å²) in [4.78, 5) is 12.4. The normalized spacial score (nSPS) is 12.1. The molecular weight excluding hydrogens is 278 g/mol. The van der Waals surface area contributed by atoms with Crippen molar-refractivity contribution in [2.45, 2.75) is 6.04 Å². The third-order valence-electron chi connectivity index (χ3n) is 1.78. The van der Waals surface area contributed by atoms with E-state index in [2.05, 4.69) is 27.8 Å². The number of thiophene rings is 1. The lowest BCUT2D eigenvalue weighted by Gasteiger charge is -2.13. The first-order valence-electron chi connectivity index (χ1n) is 4.36. The zero-order valence-electron chi connectivity index (χ0n) is 8.33. The minimum atomic E-state index is -0.413. The Labute approximate surface area is 101 Å². The molecule has 3 nitrogen and oxygen atoms in total. The van der Waals surface area contributed by atoms with E-state index in [4.69, 9.17) is 4.74 Å². The van der Waals surface area contributed by atoms with Crippen LogP contribution in [-0.4, -0.2) is 19.6 Å². The summed E-state index contributed by atoms with van der Waals surface area (Å²) < 4.78 is 5.72. The molecule has 5 heteroatoms. The van der Waals surface area contributed by atoms with E-state index in [-0.39, 0.29) is 5.97 Å². The maximum atomic E-state index is 11.5. The van der Waals surface area contributed by atoms with Gasteiger partial charge in [0.05, 0.1) is 10.9 Å². The molecule has 0 saturated heterocycles. The van der Waals surface area contributed by atoms with E-state index in [0.717, 1.165) is 8.66 Å². The number of rotatable bonds is 5. The van der Waals surface area contributed by atoms with Gasteiger partial charge in [0, 0.05) is 11.4 Å². The van der Waals surface area contributed by atoms with Gasteiger partial charge in [-0.15, -0.1) is 17.9 Å². The zero-order chi connectivity index (χ0) is 11.3. The summed E-state index contributed by atoms with van der Waals surface area (Å²) in [5.74, 6) is -0.286. The van der Waals surface area contributed by atoms with E-state index < -0.39 is 6.04 Å². The van der Waals surface area contributed by atoms with Crippen LogP contribution in [0.25, 0.3) is 0 Å². The number of ether oxygens (including phenoxy) is 1. The summed E-state index contributed by atoms with van der Waals surface area (Å²) in [6.45, 7) is 4.16. The van der Waals surface area contributed by atoms with Gasteiger partial charge in [-0.05, 0) is 28.1 Å². The van der Waals surface area contributed by atoms with Crippen LogP contribution in [-0.2, 0) is 9.53 Å². The Morgan fingerprint density at radius 2 is 2.53 bits per heavy atom. The highest BCUT2D eigenvalue weighted by Crippen LogP contribution is 2.27. The number of hydrogen-bond acceptors (Lipinski definition) is 4. The predicted octanol–water partition coefficient (Wildman–Crippen LogP) is 2.50. The maximum Gasteiger partial charge on any atom is 0.328 e. The fraction of sp³-hybridized carbons (Fsp3) is 0.300. The van der Waals surface area contributed by atoms with Gasteiger partial charge in [0.15, 0.2) is 0 Å². The average molecular weight is 290 g/mol. The van der Waals surface area contributed by atoms with E-state index in [0.29, 0.717) is 6.54 Å². The van der Waals surface area contributed by atoms with Crippen molar-refractivity contribution in [3.63, 3.8) is 0 Å². The Kier molecular flexibility index (Phi) is 5.01. The Bertz CT molecular complexity index is 351. The minimum absolute atomic E-state index is 0.286. The van der Waals surface area contributed by atoms with Crippen molar-refractivity contribution < 1.29 is 9.53 Å². The van der Waals surface area contributed by atoms with Gasteiger partial charge in [-0.2, -0.15) is 0 Å². The largest absolute Gasteiger partial charge is 0.468 e. The average Bonchev–Trinajstić information content (AvgIpc) is 2.65. The SMILES string of the molecule is C=CCNC(C(=O)OC)c1ccc(Br)s1. The zero-order valence-corrected chi connectivity index (χ0v) is 10.7. The maximum absolute atomic E-state index is 11.5. The topological polar surface area (TPSA) is 38.3 Å². The van der Waals surface area contributed by atoms with Gasteiger partial charge in [-0.3, -0.25) is 5.32 Å². The molecule has 0 fully saturated rings. The molecule has 82 valence electrons. The molecule has 0 aromatic carbocycles. The van der Waals surface area contributed by atoms with Gasteiger partial charge in [0.1, 0.15) is 6.04 Å². The number of methoxy groups -OCH3 is 1. The molecule has 1 atom stereocenters. The van der Waals surface area contributed by atoms with Crippen LogP contribution < -0.4 is 5.32 Å². The molecule has 0 spiro atoms. The lowest BCUT2D eigenvalue weighted by atomic mass is 10.2. The molecule has 0 saturated carbocycles. The van der Waals surface area contributed by atoms with Crippen LogP contribution in [0.15, 0.2) is 28.6 Å². The highest BCUT2D eigenvalue weighted by Gasteiger charge is 2.21. The summed E-state index contributed by atoms with van der Waals surface area (Å²) in [5.41, 5.74) is 0. The van der Waals surface area contributed by atoms with E-state index in [9.17, 15) is 4.79 Å². The van der Waals surface area contributed by atoms with Crippen molar-refractivity contribution in [1.82, 2.24) is 5.32 Å². The lowest BCUT2D eigenvalue weighted by Crippen LogP contribution is -2.28. The van der Waals surface area contributed by atoms with Crippen LogP contribution in [0.2, 0.25) is 0 Å². The van der Waals surface area contributed by atoms with Crippen molar-refractivity contribution in [3.8, 4) is 0 Å². The molecule has 0 bridgehead atoms. The van der Waals surface area contributed by atoms with Crippen LogP contribution >= 0.6 is 27.3 Å². The fourth-order valence-electron chi connectivity index (χ4n) is 1.10. The molecule has 1 heterocycles. The lowest BCUT2D eigenvalue weighted by molar-refractivity contribution is -0.143. The van der Waals surface area contributed by atoms with Gasteiger partial charge in [-0.25, -0.2) is 4.79 Å². The molecule has 15 heavy (non-hydrogen) atoms. The van der Waals surface area contributed by atoms with Crippen LogP contribution in [0.4, 0.5) is 0 Å². The number of halogens is 1. The van der Waals surface area contributed by atoms with Crippen LogP contribution in [0.5, 0.6) is 0 Å². The molecule has 1 unspecified atom stereocenters. The van der Waals surface area contributed by atoms with Gasteiger partial charge in [0.25, 0.3) is 0 Å². The Balaban J connectivity index is 2.80. The van der Waals surface area contributed by atoms with E-state index in [1.807, 2.05) is 12.1 Å². The highest BCUT2D eigenvalue weighted by atomic mass is 79.9. The molecule has 0 aliphatic carbocycles. The second-order valence-corrected chi connectivity index (χ2v) is 5.29. The van der Waals surface area contributed by atoms with Crippen molar-refractivity contribution >= 4 is 33.2 Å². The van der Waals surface area contributed by atoms with Crippen molar-refractivity contribution in [1.29, 1.82) is 0 Å². The molecule has 0 aliphatic heterocycles. The number of nitrogens with one attached hydrogen (secondary N) is 1.